The van der Waals surface area contributed by atoms with Gasteiger partial charge < -0.3 is 15.4 Å². The minimum Gasteiger partial charge on any atom is -0.495 e. The first-order valence-electron chi connectivity index (χ1n) is 9.19. The van der Waals surface area contributed by atoms with Gasteiger partial charge in [-0.15, -0.1) is 0 Å². The lowest BCUT2D eigenvalue weighted by molar-refractivity contribution is -0.116. The van der Waals surface area contributed by atoms with E-state index < -0.39 is 10.0 Å². The van der Waals surface area contributed by atoms with Crippen LogP contribution in [0.25, 0.3) is 0 Å². The first-order chi connectivity index (χ1) is 12.5. The van der Waals surface area contributed by atoms with Gasteiger partial charge in [0.1, 0.15) is 5.75 Å². The van der Waals surface area contributed by atoms with E-state index >= 15 is 0 Å². The van der Waals surface area contributed by atoms with Gasteiger partial charge in [0.05, 0.1) is 17.7 Å². The lowest BCUT2D eigenvalue weighted by atomic mass is 9.93. The van der Waals surface area contributed by atoms with E-state index in [1.54, 1.807) is 6.07 Å². The third-order valence-corrected chi connectivity index (χ3v) is 6.41. The van der Waals surface area contributed by atoms with Gasteiger partial charge in [-0.25, -0.2) is 13.1 Å². The van der Waals surface area contributed by atoms with Crippen LogP contribution >= 0.6 is 0 Å². The summed E-state index contributed by atoms with van der Waals surface area (Å²) < 4.78 is 32.7. The molecule has 1 saturated carbocycles. The van der Waals surface area contributed by atoms with Crippen LogP contribution in [0.3, 0.4) is 0 Å². The number of piperidine rings is 1. The molecule has 0 aromatic heterocycles. The van der Waals surface area contributed by atoms with Crippen LogP contribution in [-0.4, -0.2) is 40.6 Å². The van der Waals surface area contributed by atoms with Crippen LogP contribution in [0.2, 0.25) is 0 Å². The number of hydrogen-bond acceptors (Lipinski definition) is 5. The molecule has 1 aromatic carbocycles. The Balaban J connectivity index is 1.64. The number of carbonyl (C=O) groups is 1. The van der Waals surface area contributed by atoms with Crippen molar-refractivity contribution in [3.05, 3.63) is 18.2 Å². The molecule has 1 heterocycles. The molecule has 0 unspecified atom stereocenters. The molecule has 2 fully saturated rings. The van der Waals surface area contributed by atoms with Crippen molar-refractivity contribution in [1.82, 2.24) is 10.0 Å². The second-order valence-corrected chi connectivity index (χ2v) is 8.75. The minimum atomic E-state index is -3.57. The van der Waals surface area contributed by atoms with Crippen molar-refractivity contribution in [3.8, 4) is 5.75 Å². The average molecular weight is 381 g/mol. The van der Waals surface area contributed by atoms with E-state index in [1.165, 1.54) is 19.2 Å². The van der Waals surface area contributed by atoms with Gasteiger partial charge in [0.2, 0.25) is 15.9 Å². The maximum atomic E-state index is 12.4. The van der Waals surface area contributed by atoms with Gasteiger partial charge in [-0.3, -0.25) is 4.79 Å². The molecule has 1 amide bonds. The monoisotopic (exact) mass is 381 g/mol. The zero-order chi connectivity index (χ0) is 18.6. The van der Waals surface area contributed by atoms with Gasteiger partial charge in [-0.05, 0) is 69.3 Å². The number of rotatable bonds is 8. The van der Waals surface area contributed by atoms with Gasteiger partial charge >= 0.3 is 0 Å². The zero-order valence-electron chi connectivity index (χ0n) is 15.1. The summed E-state index contributed by atoms with van der Waals surface area (Å²) in [7, 11) is -2.08. The summed E-state index contributed by atoms with van der Waals surface area (Å²) in [6.07, 6.45) is 5.20. The molecule has 0 bridgehead atoms. The van der Waals surface area contributed by atoms with Gasteiger partial charge in [0.15, 0.2) is 0 Å². The third-order valence-electron chi connectivity index (χ3n) is 4.89. The van der Waals surface area contributed by atoms with E-state index in [9.17, 15) is 13.2 Å². The topological polar surface area (TPSA) is 96.5 Å². The first-order valence-corrected chi connectivity index (χ1v) is 10.7. The van der Waals surface area contributed by atoms with Crippen molar-refractivity contribution < 1.29 is 17.9 Å². The second kappa shape index (κ2) is 8.37. The largest absolute Gasteiger partial charge is 0.495 e. The highest BCUT2D eigenvalue weighted by molar-refractivity contribution is 7.89. The summed E-state index contributed by atoms with van der Waals surface area (Å²) in [5, 5.41) is 6.13. The van der Waals surface area contributed by atoms with Gasteiger partial charge in [0, 0.05) is 12.5 Å². The molecular formula is C18H27N3O4S. The van der Waals surface area contributed by atoms with Crippen molar-refractivity contribution in [2.24, 2.45) is 5.92 Å². The zero-order valence-corrected chi connectivity index (χ0v) is 15.9. The summed E-state index contributed by atoms with van der Waals surface area (Å²) in [5.74, 6) is 0.899. The molecule has 1 aliphatic heterocycles. The van der Waals surface area contributed by atoms with Gasteiger partial charge in [0.25, 0.3) is 0 Å². The summed E-state index contributed by atoms with van der Waals surface area (Å²) in [5.41, 5.74) is 0.390. The highest BCUT2D eigenvalue weighted by Crippen LogP contribution is 2.29. The molecule has 26 heavy (non-hydrogen) atoms. The predicted octanol–water partition coefficient (Wildman–Crippen LogP) is 1.85. The van der Waals surface area contributed by atoms with Crippen LogP contribution in [0.15, 0.2) is 23.1 Å². The minimum absolute atomic E-state index is 0.0325. The molecule has 3 N–H and O–H groups in total. The van der Waals surface area contributed by atoms with Crippen molar-refractivity contribution in [1.29, 1.82) is 0 Å². The fraction of sp³-hybridized carbons (Fsp3) is 0.611. The summed E-state index contributed by atoms with van der Waals surface area (Å²) in [6.45, 7) is 2.02. The number of anilines is 1. The Morgan fingerprint density at radius 2 is 1.96 bits per heavy atom. The van der Waals surface area contributed by atoms with Gasteiger partial charge in [-0.2, -0.15) is 0 Å². The molecule has 8 heteroatoms. The molecule has 7 nitrogen and oxygen atoms in total. The van der Waals surface area contributed by atoms with E-state index in [0.717, 1.165) is 45.2 Å². The number of benzene rings is 1. The second-order valence-electron chi connectivity index (χ2n) is 7.04. The number of ether oxygens (including phenoxy) is 1. The Bertz CT molecular complexity index is 741. The van der Waals surface area contributed by atoms with E-state index in [1.807, 2.05) is 0 Å². The quantitative estimate of drug-likeness (QED) is 0.639. The van der Waals surface area contributed by atoms with Crippen molar-refractivity contribution in [2.45, 2.75) is 49.5 Å². The van der Waals surface area contributed by atoms with E-state index in [-0.39, 0.29) is 16.8 Å². The van der Waals surface area contributed by atoms with Crippen LogP contribution in [0.1, 0.15) is 38.5 Å². The Labute approximate surface area is 154 Å². The number of sulfonamides is 1. The maximum absolute atomic E-state index is 12.4. The average Bonchev–Trinajstić information content (AvgIpc) is 3.44. The molecule has 0 radical (unpaired) electrons. The van der Waals surface area contributed by atoms with Crippen molar-refractivity contribution >= 4 is 21.6 Å². The molecule has 1 aromatic rings. The molecular weight excluding hydrogens is 354 g/mol. The van der Waals surface area contributed by atoms with Crippen molar-refractivity contribution in [3.63, 3.8) is 0 Å². The summed E-state index contributed by atoms with van der Waals surface area (Å²) >= 11 is 0. The van der Waals surface area contributed by atoms with Crippen molar-refractivity contribution in [2.75, 3.05) is 25.5 Å². The smallest absolute Gasteiger partial charge is 0.240 e. The molecule has 1 aliphatic carbocycles. The number of nitrogens with one attached hydrogen (secondary N) is 3. The highest BCUT2D eigenvalue weighted by Gasteiger charge is 2.28. The molecule has 0 spiro atoms. The fourth-order valence-corrected chi connectivity index (χ4v) is 4.49. The molecule has 1 saturated heterocycles. The number of amides is 1. The summed E-state index contributed by atoms with van der Waals surface area (Å²) in [6, 6.07) is 4.56. The molecule has 3 rings (SSSR count). The molecule has 2 aliphatic rings. The third kappa shape index (κ3) is 5.18. The Morgan fingerprint density at radius 3 is 2.62 bits per heavy atom. The Hall–Kier alpha value is -1.64. The lowest BCUT2D eigenvalue weighted by Crippen LogP contribution is -2.28. The lowest BCUT2D eigenvalue weighted by Gasteiger charge is -2.22. The predicted molar refractivity (Wildman–Crippen MR) is 99.8 cm³/mol. The van der Waals surface area contributed by atoms with Crippen LogP contribution in [0.5, 0.6) is 5.75 Å². The van der Waals surface area contributed by atoms with E-state index in [4.69, 9.17) is 4.74 Å². The number of carbonyl (C=O) groups excluding carboxylic acids is 1. The SMILES string of the molecule is COc1ccc(S(=O)(=O)NC2CC2)cc1NC(=O)CCC1CCNCC1. The Morgan fingerprint density at radius 1 is 1.23 bits per heavy atom. The first kappa shape index (κ1) is 19.1. The Kier molecular flexibility index (Phi) is 6.16. The fourth-order valence-electron chi connectivity index (χ4n) is 3.16. The van der Waals surface area contributed by atoms with Crippen LogP contribution in [-0.2, 0) is 14.8 Å². The van der Waals surface area contributed by atoms with Crippen LogP contribution < -0.4 is 20.1 Å². The van der Waals surface area contributed by atoms with Crippen LogP contribution in [0, 0.1) is 5.92 Å². The maximum Gasteiger partial charge on any atom is 0.240 e. The van der Waals surface area contributed by atoms with E-state index in [2.05, 4.69) is 15.4 Å². The standard InChI is InChI=1S/C18H27N3O4S/c1-25-17-6-5-15(26(23,24)21-14-3-4-14)12-16(17)20-18(22)7-2-13-8-10-19-11-9-13/h5-6,12-14,19,21H,2-4,7-11H2,1H3,(H,20,22). The number of methoxy groups -OCH3 is 1. The number of hydrogen-bond donors (Lipinski definition) is 3. The normalized spacial score (nSPS) is 18.5. The highest BCUT2D eigenvalue weighted by atomic mass is 32.2. The van der Waals surface area contributed by atoms with E-state index in [0.29, 0.717) is 23.8 Å². The molecule has 144 valence electrons. The summed E-state index contributed by atoms with van der Waals surface area (Å²) in [4.78, 5) is 12.5. The molecule has 0 atom stereocenters. The van der Waals surface area contributed by atoms with Gasteiger partial charge in [-0.1, -0.05) is 0 Å². The van der Waals surface area contributed by atoms with Crippen LogP contribution in [0.4, 0.5) is 5.69 Å².